The van der Waals surface area contributed by atoms with Gasteiger partial charge in [-0.25, -0.2) is 4.79 Å². The van der Waals surface area contributed by atoms with Gasteiger partial charge in [0.15, 0.2) is 6.61 Å². The molecule has 7 heteroatoms. The number of hydrogen-bond donors (Lipinski definition) is 1. The number of likely N-dealkylation sites (tertiary alicyclic amines) is 1. The van der Waals surface area contributed by atoms with Gasteiger partial charge >= 0.3 is 5.97 Å². The van der Waals surface area contributed by atoms with Gasteiger partial charge in [0.2, 0.25) is 0 Å². The molecular formula is C26H30ClNO5. The molecule has 0 radical (unpaired) electrons. The average molecular weight is 472 g/mol. The van der Waals surface area contributed by atoms with Crippen LogP contribution in [0, 0.1) is 11.8 Å². The topological polar surface area (TPSA) is 68.2 Å². The van der Waals surface area contributed by atoms with Crippen LogP contribution in [0.4, 0.5) is 0 Å². The second-order valence-corrected chi connectivity index (χ2v) is 10.4. The molecule has 176 valence electrons. The molecule has 2 aromatic rings. The number of carbonyl (C=O) groups is 1. The fraction of sp³-hybridized carbons (Fsp3) is 0.500. The number of rotatable bonds is 5. The van der Waals surface area contributed by atoms with Crippen LogP contribution < -0.4 is 9.47 Å². The van der Waals surface area contributed by atoms with Crippen molar-refractivity contribution in [3.8, 4) is 11.5 Å². The summed E-state index contributed by atoms with van der Waals surface area (Å²) in [6.07, 6.45) is 2.33. The van der Waals surface area contributed by atoms with E-state index in [9.17, 15) is 4.79 Å². The molecule has 0 saturated carbocycles. The molecular weight excluding hydrogens is 442 g/mol. The first-order chi connectivity index (χ1) is 15.8. The van der Waals surface area contributed by atoms with Crippen LogP contribution in [0.2, 0.25) is 5.02 Å². The van der Waals surface area contributed by atoms with Gasteiger partial charge in [0.1, 0.15) is 17.1 Å². The Bertz CT molecular complexity index is 1020. The first-order valence-corrected chi connectivity index (χ1v) is 12.0. The van der Waals surface area contributed by atoms with E-state index >= 15 is 0 Å². The number of piperidine rings is 1. The molecule has 3 aliphatic heterocycles. The van der Waals surface area contributed by atoms with Gasteiger partial charge in [-0.1, -0.05) is 23.7 Å². The fourth-order valence-corrected chi connectivity index (χ4v) is 5.78. The van der Waals surface area contributed by atoms with E-state index in [-0.39, 0.29) is 30.3 Å². The second kappa shape index (κ2) is 8.82. The molecule has 0 unspecified atom stereocenters. The van der Waals surface area contributed by atoms with E-state index in [0.717, 1.165) is 48.8 Å². The van der Waals surface area contributed by atoms with E-state index in [1.807, 2.05) is 42.5 Å². The van der Waals surface area contributed by atoms with Crippen molar-refractivity contribution in [2.45, 2.75) is 51.0 Å². The molecule has 0 spiro atoms. The third-order valence-corrected chi connectivity index (χ3v) is 7.46. The minimum absolute atomic E-state index is 0.0218. The van der Waals surface area contributed by atoms with Gasteiger partial charge in [-0.15, -0.1) is 0 Å². The largest absolute Gasteiger partial charge is 0.487 e. The van der Waals surface area contributed by atoms with Crippen molar-refractivity contribution < 1.29 is 24.1 Å². The lowest BCUT2D eigenvalue weighted by Crippen LogP contribution is -2.55. The van der Waals surface area contributed by atoms with E-state index in [4.69, 9.17) is 30.9 Å². The minimum Gasteiger partial charge on any atom is -0.487 e. The molecule has 4 atom stereocenters. The maximum atomic E-state index is 10.7. The lowest BCUT2D eigenvalue weighted by atomic mass is 9.70. The third kappa shape index (κ3) is 4.70. The highest BCUT2D eigenvalue weighted by atomic mass is 35.5. The van der Waals surface area contributed by atoms with E-state index in [1.165, 1.54) is 5.56 Å². The van der Waals surface area contributed by atoms with Crippen molar-refractivity contribution >= 4 is 17.6 Å². The number of nitrogens with zero attached hydrogens (tertiary/aromatic N) is 1. The van der Waals surface area contributed by atoms with Gasteiger partial charge in [-0.05, 0) is 68.5 Å². The summed E-state index contributed by atoms with van der Waals surface area (Å²) < 4.78 is 18.4. The maximum Gasteiger partial charge on any atom is 0.341 e. The van der Waals surface area contributed by atoms with Crippen molar-refractivity contribution in [1.29, 1.82) is 0 Å². The van der Waals surface area contributed by atoms with Crippen LogP contribution in [0.25, 0.3) is 0 Å². The Morgan fingerprint density at radius 1 is 1.24 bits per heavy atom. The number of carboxylic acids is 1. The van der Waals surface area contributed by atoms with Crippen LogP contribution in [0.5, 0.6) is 11.5 Å². The number of carboxylic acid groups (broad SMARTS) is 1. The molecule has 1 N–H and O–H groups in total. The molecule has 0 bridgehead atoms. The Morgan fingerprint density at radius 3 is 2.79 bits per heavy atom. The van der Waals surface area contributed by atoms with Gasteiger partial charge in [-0.3, -0.25) is 4.90 Å². The molecule has 3 aliphatic rings. The normalized spacial score (nSPS) is 28.1. The van der Waals surface area contributed by atoms with Crippen LogP contribution in [-0.4, -0.2) is 47.4 Å². The van der Waals surface area contributed by atoms with E-state index < -0.39 is 5.97 Å². The number of ether oxygens (including phenoxy) is 3. The van der Waals surface area contributed by atoms with Crippen LogP contribution in [0.3, 0.4) is 0 Å². The molecule has 0 amide bonds. The Kier molecular flexibility index (Phi) is 6.02. The maximum absolute atomic E-state index is 10.7. The predicted octanol–water partition coefficient (Wildman–Crippen LogP) is 4.94. The third-order valence-electron chi connectivity index (χ3n) is 7.23. The summed E-state index contributed by atoms with van der Waals surface area (Å²) in [5, 5.41) is 9.47. The van der Waals surface area contributed by atoms with E-state index in [2.05, 4.69) is 18.7 Å². The van der Waals surface area contributed by atoms with Crippen molar-refractivity contribution in [3.05, 3.63) is 58.6 Å². The molecule has 2 aromatic carbocycles. The zero-order valence-electron chi connectivity index (χ0n) is 19.0. The Labute approximate surface area is 199 Å². The minimum atomic E-state index is -0.975. The molecule has 33 heavy (non-hydrogen) atoms. The monoisotopic (exact) mass is 471 g/mol. The number of benzene rings is 2. The molecule has 0 aromatic heterocycles. The number of fused-ring (bicyclic) bond motifs is 4. The summed E-state index contributed by atoms with van der Waals surface area (Å²) in [7, 11) is 0. The summed E-state index contributed by atoms with van der Waals surface area (Å²) in [5.74, 6) is 1.22. The van der Waals surface area contributed by atoms with Gasteiger partial charge in [-0.2, -0.15) is 0 Å². The zero-order valence-corrected chi connectivity index (χ0v) is 19.8. The highest BCUT2D eigenvalue weighted by Gasteiger charge is 2.51. The van der Waals surface area contributed by atoms with E-state index in [0.29, 0.717) is 11.7 Å². The Balaban J connectivity index is 1.25. The summed E-state index contributed by atoms with van der Waals surface area (Å²) in [5.41, 5.74) is 1.97. The van der Waals surface area contributed by atoms with Crippen molar-refractivity contribution in [3.63, 3.8) is 0 Å². The first kappa shape index (κ1) is 22.5. The average Bonchev–Trinajstić information content (AvgIpc) is 2.78. The number of hydrogen-bond acceptors (Lipinski definition) is 5. The van der Waals surface area contributed by atoms with Crippen LogP contribution in [0.15, 0.2) is 42.5 Å². The molecule has 0 aliphatic carbocycles. The molecule has 5 rings (SSSR count). The number of aliphatic carboxylic acids is 1. The van der Waals surface area contributed by atoms with Crippen molar-refractivity contribution in [2.24, 2.45) is 11.8 Å². The smallest absolute Gasteiger partial charge is 0.341 e. The SMILES string of the molecule is CC1(C)Oc2ccc(Cl)cc2[C@@H]2O[C@@H]3CCN(Cc4ccc(OCC(=O)O)cc4)C[C@@H]3C[C@H]21. The lowest BCUT2D eigenvalue weighted by molar-refractivity contribution is -0.187. The highest BCUT2D eigenvalue weighted by molar-refractivity contribution is 6.30. The summed E-state index contributed by atoms with van der Waals surface area (Å²) in [6, 6.07) is 13.5. The quantitative estimate of drug-likeness (QED) is 0.666. The molecule has 6 nitrogen and oxygen atoms in total. The molecule has 2 saturated heterocycles. The van der Waals surface area contributed by atoms with Crippen LogP contribution in [0.1, 0.15) is 43.9 Å². The second-order valence-electron chi connectivity index (χ2n) is 9.94. The van der Waals surface area contributed by atoms with Gasteiger partial charge < -0.3 is 19.3 Å². The van der Waals surface area contributed by atoms with Gasteiger partial charge in [0, 0.05) is 36.1 Å². The number of halogens is 1. The predicted molar refractivity (Wildman–Crippen MR) is 125 cm³/mol. The summed E-state index contributed by atoms with van der Waals surface area (Å²) >= 11 is 6.30. The molecule has 2 fully saturated rings. The summed E-state index contributed by atoms with van der Waals surface area (Å²) in [6.45, 7) is 6.84. The summed E-state index contributed by atoms with van der Waals surface area (Å²) in [4.78, 5) is 13.2. The zero-order chi connectivity index (χ0) is 23.2. The Morgan fingerprint density at radius 2 is 2.03 bits per heavy atom. The van der Waals surface area contributed by atoms with E-state index in [1.54, 1.807) is 0 Å². The van der Waals surface area contributed by atoms with Crippen LogP contribution in [-0.2, 0) is 16.1 Å². The van der Waals surface area contributed by atoms with Crippen LogP contribution >= 0.6 is 11.6 Å². The highest BCUT2D eigenvalue weighted by Crippen LogP contribution is 2.53. The van der Waals surface area contributed by atoms with Gasteiger partial charge in [0.05, 0.1) is 12.2 Å². The lowest BCUT2D eigenvalue weighted by Gasteiger charge is -2.53. The fourth-order valence-electron chi connectivity index (χ4n) is 5.59. The van der Waals surface area contributed by atoms with Gasteiger partial charge in [0.25, 0.3) is 0 Å². The van der Waals surface area contributed by atoms with Crippen molar-refractivity contribution in [2.75, 3.05) is 19.7 Å². The first-order valence-electron chi connectivity index (χ1n) is 11.6. The molecule has 3 heterocycles. The van der Waals surface area contributed by atoms with Crippen molar-refractivity contribution in [1.82, 2.24) is 4.90 Å². The standard InChI is InChI=1S/C26H30ClNO5/c1-26(2)21-11-17-14-28(13-16-3-6-19(7-4-16)31-15-24(29)30)10-9-22(17)32-25(21)20-12-18(27)5-8-23(20)33-26/h3-8,12,17,21-22,25H,9-11,13-15H2,1-2H3,(H,29,30)/t17-,21+,22+,25-/m0/s1. The Hall–Kier alpha value is -2.28.